The van der Waals surface area contributed by atoms with E-state index < -0.39 is 0 Å². The van der Waals surface area contributed by atoms with E-state index in [-0.39, 0.29) is 0 Å². The minimum atomic E-state index is 0.335. The molecule has 7 nitrogen and oxygen atoms in total. The first kappa shape index (κ1) is 20.1. The van der Waals surface area contributed by atoms with Gasteiger partial charge in [0.05, 0.1) is 6.20 Å². The van der Waals surface area contributed by atoms with E-state index >= 15 is 0 Å². The molecule has 0 saturated carbocycles. The van der Waals surface area contributed by atoms with E-state index in [2.05, 4.69) is 44.0 Å². The molecule has 0 spiro atoms. The maximum atomic E-state index is 9.14. The number of benzene rings is 1. The molecule has 1 fully saturated rings. The van der Waals surface area contributed by atoms with Crippen molar-refractivity contribution in [3.63, 3.8) is 0 Å². The minimum absolute atomic E-state index is 0.335. The minimum Gasteiger partial charge on any atom is -0.378 e. The molecule has 4 rings (SSSR count). The SMILES string of the molecule is CN(C)c1cccc(-c2nc(N3CCCCC3)cnc2Sc2cc(C#N)ncn2)c1. The van der Waals surface area contributed by atoms with Gasteiger partial charge >= 0.3 is 0 Å². The largest absolute Gasteiger partial charge is 0.378 e. The van der Waals surface area contributed by atoms with Crippen LogP contribution in [0.25, 0.3) is 11.3 Å². The number of nitrogens with zero attached hydrogens (tertiary/aromatic N) is 7. The first-order valence-electron chi connectivity index (χ1n) is 9.94. The second kappa shape index (κ2) is 9.09. The monoisotopic (exact) mass is 417 g/mol. The van der Waals surface area contributed by atoms with Gasteiger partial charge in [-0.05, 0) is 43.2 Å². The van der Waals surface area contributed by atoms with Crippen molar-refractivity contribution in [3.8, 4) is 17.3 Å². The van der Waals surface area contributed by atoms with Gasteiger partial charge in [-0.15, -0.1) is 0 Å². The highest BCUT2D eigenvalue weighted by Gasteiger charge is 2.18. The Kier molecular flexibility index (Phi) is 6.10. The zero-order valence-corrected chi connectivity index (χ0v) is 17.9. The quantitative estimate of drug-likeness (QED) is 0.576. The Morgan fingerprint density at radius 2 is 1.90 bits per heavy atom. The molecule has 2 aromatic heterocycles. The molecule has 3 heterocycles. The third-order valence-electron chi connectivity index (χ3n) is 5.00. The Bertz CT molecular complexity index is 1070. The third kappa shape index (κ3) is 4.52. The lowest BCUT2D eigenvalue weighted by Crippen LogP contribution is -2.30. The van der Waals surface area contributed by atoms with Crippen molar-refractivity contribution in [3.05, 3.63) is 48.5 Å². The van der Waals surface area contributed by atoms with E-state index in [4.69, 9.17) is 15.2 Å². The Morgan fingerprint density at radius 3 is 2.67 bits per heavy atom. The molecule has 8 heteroatoms. The van der Waals surface area contributed by atoms with Crippen LogP contribution in [0.4, 0.5) is 11.5 Å². The summed E-state index contributed by atoms with van der Waals surface area (Å²) in [4.78, 5) is 22.4. The highest BCUT2D eigenvalue weighted by Crippen LogP contribution is 2.35. The average Bonchev–Trinajstić information content (AvgIpc) is 2.80. The van der Waals surface area contributed by atoms with Crippen LogP contribution in [-0.4, -0.2) is 47.1 Å². The lowest BCUT2D eigenvalue weighted by atomic mass is 10.1. The number of aromatic nitrogens is 4. The normalized spacial score (nSPS) is 13.7. The second-order valence-electron chi connectivity index (χ2n) is 7.33. The van der Waals surface area contributed by atoms with Crippen LogP contribution in [-0.2, 0) is 0 Å². The van der Waals surface area contributed by atoms with Gasteiger partial charge in [-0.1, -0.05) is 12.1 Å². The van der Waals surface area contributed by atoms with Gasteiger partial charge < -0.3 is 9.80 Å². The molecule has 1 aliphatic rings. The molecular formula is C22H23N7S. The molecule has 3 aromatic rings. The van der Waals surface area contributed by atoms with Crippen LogP contribution < -0.4 is 9.80 Å². The van der Waals surface area contributed by atoms with Gasteiger partial charge in [0.2, 0.25) is 0 Å². The van der Waals surface area contributed by atoms with Crippen molar-refractivity contribution >= 4 is 23.3 Å². The molecule has 0 amide bonds. The van der Waals surface area contributed by atoms with Crippen LogP contribution in [0.15, 0.2) is 52.9 Å². The maximum Gasteiger partial charge on any atom is 0.147 e. The summed E-state index contributed by atoms with van der Waals surface area (Å²) >= 11 is 1.40. The van der Waals surface area contributed by atoms with Crippen LogP contribution in [0, 0.1) is 11.3 Å². The average molecular weight is 418 g/mol. The van der Waals surface area contributed by atoms with Gasteiger partial charge in [0.1, 0.15) is 39.7 Å². The van der Waals surface area contributed by atoms with E-state index in [1.807, 2.05) is 26.4 Å². The Hall–Kier alpha value is -3.18. The molecule has 0 aliphatic carbocycles. The van der Waals surface area contributed by atoms with Crippen molar-refractivity contribution in [1.29, 1.82) is 5.26 Å². The number of hydrogen-bond donors (Lipinski definition) is 0. The van der Waals surface area contributed by atoms with Crippen molar-refractivity contribution in [2.75, 3.05) is 37.0 Å². The maximum absolute atomic E-state index is 9.14. The molecule has 1 saturated heterocycles. The molecular weight excluding hydrogens is 394 g/mol. The van der Waals surface area contributed by atoms with E-state index in [9.17, 15) is 0 Å². The smallest absolute Gasteiger partial charge is 0.147 e. The number of piperidine rings is 1. The molecule has 1 aliphatic heterocycles. The lowest BCUT2D eigenvalue weighted by Gasteiger charge is -2.28. The second-order valence-corrected chi connectivity index (χ2v) is 8.34. The van der Waals surface area contributed by atoms with Crippen LogP contribution in [0.5, 0.6) is 0 Å². The van der Waals surface area contributed by atoms with Crippen LogP contribution in [0.1, 0.15) is 25.0 Å². The standard InChI is InChI=1S/C22H23N7S/c1-28(2)18-8-6-7-16(11-18)21-22(30-20-12-17(13-23)25-15-26-20)24-14-19(27-21)29-9-4-3-5-10-29/h6-8,11-12,14-15H,3-5,9-10H2,1-2H3. The number of hydrogen-bond acceptors (Lipinski definition) is 8. The third-order valence-corrected chi connectivity index (χ3v) is 5.92. The number of rotatable bonds is 5. The lowest BCUT2D eigenvalue weighted by molar-refractivity contribution is 0.572. The zero-order valence-electron chi connectivity index (χ0n) is 17.1. The highest BCUT2D eigenvalue weighted by molar-refractivity contribution is 7.99. The van der Waals surface area contributed by atoms with Crippen molar-refractivity contribution < 1.29 is 0 Å². The van der Waals surface area contributed by atoms with Crippen LogP contribution in [0.3, 0.4) is 0 Å². The summed E-state index contributed by atoms with van der Waals surface area (Å²) in [5, 5.41) is 10.6. The fraction of sp³-hybridized carbons (Fsp3) is 0.318. The van der Waals surface area contributed by atoms with Crippen molar-refractivity contribution in [2.24, 2.45) is 0 Å². The Labute approximate surface area is 180 Å². The van der Waals surface area contributed by atoms with E-state index in [0.717, 1.165) is 40.9 Å². The molecule has 1 aromatic carbocycles. The van der Waals surface area contributed by atoms with E-state index in [1.54, 1.807) is 6.07 Å². The van der Waals surface area contributed by atoms with Crippen LogP contribution >= 0.6 is 11.8 Å². The summed E-state index contributed by atoms with van der Waals surface area (Å²) in [5.41, 5.74) is 3.26. The van der Waals surface area contributed by atoms with Crippen molar-refractivity contribution in [1.82, 2.24) is 19.9 Å². The Morgan fingerprint density at radius 1 is 1.07 bits per heavy atom. The van der Waals surface area contributed by atoms with E-state index in [0.29, 0.717) is 10.7 Å². The predicted molar refractivity (Wildman–Crippen MR) is 119 cm³/mol. The van der Waals surface area contributed by atoms with Gasteiger partial charge in [-0.3, -0.25) is 0 Å². The first-order chi connectivity index (χ1) is 14.6. The van der Waals surface area contributed by atoms with Crippen molar-refractivity contribution in [2.45, 2.75) is 29.3 Å². The fourth-order valence-corrected chi connectivity index (χ4v) is 4.23. The topological polar surface area (TPSA) is 81.8 Å². The summed E-state index contributed by atoms with van der Waals surface area (Å²) in [6.45, 7) is 2.02. The number of nitriles is 1. The molecule has 152 valence electrons. The van der Waals surface area contributed by atoms with Gasteiger partial charge in [0.15, 0.2) is 0 Å². The highest BCUT2D eigenvalue weighted by atomic mass is 32.2. The summed E-state index contributed by atoms with van der Waals surface area (Å²) in [6.07, 6.45) is 6.88. The van der Waals surface area contributed by atoms with E-state index in [1.165, 1.54) is 37.4 Å². The van der Waals surface area contributed by atoms with Gasteiger partial charge in [-0.2, -0.15) is 5.26 Å². The molecule has 0 atom stereocenters. The van der Waals surface area contributed by atoms with Crippen LogP contribution in [0.2, 0.25) is 0 Å². The summed E-state index contributed by atoms with van der Waals surface area (Å²) < 4.78 is 0. The first-order valence-corrected chi connectivity index (χ1v) is 10.8. The summed E-state index contributed by atoms with van der Waals surface area (Å²) in [7, 11) is 4.05. The zero-order chi connectivity index (χ0) is 20.9. The van der Waals surface area contributed by atoms with Gasteiger partial charge in [0, 0.05) is 44.5 Å². The van der Waals surface area contributed by atoms with Gasteiger partial charge in [-0.25, -0.2) is 19.9 Å². The Balaban J connectivity index is 1.76. The molecule has 0 N–H and O–H groups in total. The molecule has 0 unspecified atom stereocenters. The predicted octanol–water partition coefficient (Wildman–Crippen LogP) is 4.01. The molecule has 30 heavy (non-hydrogen) atoms. The molecule has 0 radical (unpaired) electrons. The summed E-state index contributed by atoms with van der Waals surface area (Å²) in [6, 6.07) is 12.0. The van der Waals surface area contributed by atoms with Gasteiger partial charge in [0.25, 0.3) is 0 Å². The fourth-order valence-electron chi connectivity index (χ4n) is 3.39. The number of anilines is 2. The summed E-state index contributed by atoms with van der Waals surface area (Å²) in [5.74, 6) is 0.907. The molecule has 0 bridgehead atoms.